The van der Waals surface area contributed by atoms with Gasteiger partial charge in [-0.1, -0.05) is 30.3 Å². The quantitative estimate of drug-likeness (QED) is 0.744. The van der Waals surface area contributed by atoms with Crippen molar-refractivity contribution >= 4 is 23.2 Å². The molecular formula is C20H19FN4O. The lowest BCUT2D eigenvalue weighted by Crippen LogP contribution is -2.31. The van der Waals surface area contributed by atoms with Crippen LogP contribution in [0.15, 0.2) is 60.7 Å². The van der Waals surface area contributed by atoms with Gasteiger partial charge in [0.1, 0.15) is 11.5 Å². The maximum absolute atomic E-state index is 13.8. The van der Waals surface area contributed by atoms with Crippen molar-refractivity contribution in [3.63, 3.8) is 0 Å². The third kappa shape index (κ3) is 3.85. The van der Waals surface area contributed by atoms with Crippen LogP contribution in [-0.4, -0.2) is 22.4 Å². The molecule has 0 saturated carbocycles. The molecule has 2 aromatic carbocycles. The lowest BCUT2D eigenvalue weighted by atomic mass is 10.2. The van der Waals surface area contributed by atoms with E-state index in [2.05, 4.69) is 15.3 Å². The van der Waals surface area contributed by atoms with E-state index in [0.717, 1.165) is 5.69 Å². The number of hydrogen-bond acceptors (Lipinski definition) is 4. The average Bonchev–Trinajstić information content (AvgIpc) is 2.64. The number of hydrogen-bond donors (Lipinski definition) is 1. The highest BCUT2D eigenvalue weighted by Gasteiger charge is 2.19. The van der Waals surface area contributed by atoms with E-state index in [1.54, 1.807) is 36.1 Å². The fraction of sp³-hybridized carbons (Fsp3) is 0.150. The summed E-state index contributed by atoms with van der Waals surface area (Å²) >= 11 is 0. The van der Waals surface area contributed by atoms with Crippen molar-refractivity contribution in [2.45, 2.75) is 13.8 Å². The fourth-order valence-electron chi connectivity index (χ4n) is 2.61. The second kappa shape index (κ2) is 7.74. The van der Waals surface area contributed by atoms with Gasteiger partial charge in [0.25, 0.3) is 5.91 Å². The van der Waals surface area contributed by atoms with E-state index in [1.165, 1.54) is 6.07 Å². The number of nitrogens with one attached hydrogen (secondary N) is 1. The molecule has 0 radical (unpaired) electrons. The second-order valence-corrected chi connectivity index (χ2v) is 5.71. The molecule has 1 heterocycles. The van der Waals surface area contributed by atoms with Crippen LogP contribution in [0.3, 0.4) is 0 Å². The fourth-order valence-corrected chi connectivity index (χ4v) is 2.61. The number of aromatic nitrogens is 2. The number of rotatable bonds is 5. The third-order valence-electron chi connectivity index (χ3n) is 3.82. The van der Waals surface area contributed by atoms with Crippen LogP contribution in [0.25, 0.3) is 0 Å². The molecule has 1 amide bonds. The number of anilines is 3. The second-order valence-electron chi connectivity index (χ2n) is 5.71. The van der Waals surface area contributed by atoms with E-state index in [-0.39, 0.29) is 23.2 Å². The lowest BCUT2D eigenvalue weighted by Gasteiger charge is -2.21. The highest BCUT2D eigenvalue weighted by Crippen LogP contribution is 2.20. The summed E-state index contributed by atoms with van der Waals surface area (Å²) in [5.41, 5.74) is 1.92. The normalized spacial score (nSPS) is 10.4. The minimum Gasteiger partial charge on any atom is -0.322 e. The number of amides is 1. The lowest BCUT2D eigenvalue weighted by molar-refractivity contribution is 0.0983. The molecule has 0 aliphatic heterocycles. The molecule has 1 aromatic heterocycles. The minimum absolute atomic E-state index is 0.183. The third-order valence-corrected chi connectivity index (χ3v) is 3.82. The summed E-state index contributed by atoms with van der Waals surface area (Å²) < 4.78 is 13.8. The monoisotopic (exact) mass is 350 g/mol. The molecule has 0 unspecified atom stereocenters. The van der Waals surface area contributed by atoms with E-state index in [1.807, 2.05) is 37.3 Å². The largest absolute Gasteiger partial charge is 0.322 e. The topological polar surface area (TPSA) is 58.1 Å². The van der Waals surface area contributed by atoms with Crippen LogP contribution in [0.2, 0.25) is 0 Å². The molecule has 1 N–H and O–H groups in total. The number of carbonyl (C=O) groups excluding carboxylic acids is 1. The number of halogens is 1. The Balaban J connectivity index is 1.91. The summed E-state index contributed by atoms with van der Waals surface area (Å²) in [4.78, 5) is 23.1. The van der Waals surface area contributed by atoms with Gasteiger partial charge >= 0.3 is 0 Å². The van der Waals surface area contributed by atoms with Crippen LogP contribution in [0, 0.1) is 12.7 Å². The van der Waals surface area contributed by atoms with Crippen molar-refractivity contribution in [1.82, 2.24) is 9.97 Å². The van der Waals surface area contributed by atoms with E-state index in [4.69, 9.17) is 0 Å². The molecule has 0 aliphatic rings. The van der Waals surface area contributed by atoms with Crippen LogP contribution in [0.5, 0.6) is 0 Å². The van der Waals surface area contributed by atoms with Gasteiger partial charge in [0.15, 0.2) is 0 Å². The first-order chi connectivity index (χ1) is 12.6. The molecule has 132 valence electrons. The Morgan fingerprint density at radius 2 is 1.77 bits per heavy atom. The molecule has 0 fully saturated rings. The average molecular weight is 350 g/mol. The van der Waals surface area contributed by atoms with Gasteiger partial charge in [-0.05, 0) is 44.2 Å². The molecule has 6 heteroatoms. The van der Waals surface area contributed by atoms with Gasteiger partial charge in [-0.15, -0.1) is 0 Å². The Morgan fingerprint density at radius 3 is 2.46 bits per heavy atom. The highest BCUT2D eigenvalue weighted by molar-refractivity contribution is 6.05. The number of carbonyl (C=O) groups is 1. The summed E-state index contributed by atoms with van der Waals surface area (Å²) in [5.74, 6) is -0.465. The van der Waals surface area contributed by atoms with E-state index >= 15 is 0 Å². The Kier molecular flexibility index (Phi) is 5.22. The highest BCUT2D eigenvalue weighted by atomic mass is 19.1. The summed E-state index contributed by atoms with van der Waals surface area (Å²) in [6, 6.07) is 17.3. The minimum atomic E-state index is -0.412. The number of benzene rings is 2. The zero-order chi connectivity index (χ0) is 18.5. The summed E-state index contributed by atoms with van der Waals surface area (Å²) in [5, 5.41) is 2.84. The smallest absolute Gasteiger partial charge is 0.277 e. The molecule has 5 nitrogen and oxygen atoms in total. The number of nitrogens with zero attached hydrogens (tertiary/aromatic N) is 3. The van der Waals surface area contributed by atoms with Crippen molar-refractivity contribution in [2.75, 3.05) is 16.8 Å². The van der Waals surface area contributed by atoms with Crippen LogP contribution in [0.4, 0.5) is 21.7 Å². The summed E-state index contributed by atoms with van der Waals surface area (Å²) in [6.07, 6.45) is 0. The van der Waals surface area contributed by atoms with Crippen molar-refractivity contribution in [3.05, 3.63) is 77.9 Å². The van der Waals surface area contributed by atoms with Crippen molar-refractivity contribution < 1.29 is 9.18 Å². The standard InChI is InChI=1S/C20H19FN4O/c1-3-25(15-9-5-4-6-10-15)19(26)18-13-14(2)22-20(24-18)23-17-12-8-7-11-16(17)21/h4-13H,3H2,1-2H3,(H,22,23,24). The first-order valence-electron chi connectivity index (χ1n) is 8.32. The van der Waals surface area contributed by atoms with Gasteiger partial charge in [-0.25, -0.2) is 14.4 Å². The van der Waals surface area contributed by atoms with Crippen molar-refractivity contribution in [1.29, 1.82) is 0 Å². The van der Waals surface area contributed by atoms with E-state index in [0.29, 0.717) is 12.2 Å². The van der Waals surface area contributed by atoms with Crippen LogP contribution < -0.4 is 10.2 Å². The molecule has 0 saturated heterocycles. The van der Waals surface area contributed by atoms with Crippen molar-refractivity contribution in [2.24, 2.45) is 0 Å². The Bertz CT molecular complexity index is 915. The zero-order valence-electron chi connectivity index (χ0n) is 14.6. The summed E-state index contributed by atoms with van der Waals surface area (Å²) in [7, 11) is 0. The van der Waals surface area contributed by atoms with Gasteiger partial charge in [0.2, 0.25) is 5.95 Å². The van der Waals surface area contributed by atoms with Gasteiger partial charge < -0.3 is 10.2 Å². The first-order valence-corrected chi connectivity index (χ1v) is 8.32. The van der Waals surface area contributed by atoms with Gasteiger partial charge in [0.05, 0.1) is 5.69 Å². The maximum Gasteiger partial charge on any atom is 0.277 e. The molecule has 3 aromatic rings. The SMILES string of the molecule is CCN(C(=O)c1cc(C)nc(Nc2ccccc2F)n1)c1ccccc1. The Hall–Kier alpha value is -3.28. The van der Waals surface area contributed by atoms with Crippen LogP contribution in [-0.2, 0) is 0 Å². The molecule has 0 spiro atoms. The van der Waals surface area contributed by atoms with Gasteiger partial charge in [-0.2, -0.15) is 0 Å². The molecule has 0 atom stereocenters. The Morgan fingerprint density at radius 1 is 1.08 bits per heavy atom. The van der Waals surface area contributed by atoms with Crippen LogP contribution in [0.1, 0.15) is 23.1 Å². The Labute approximate surface area is 151 Å². The number of para-hydroxylation sites is 2. The molecule has 0 aliphatic carbocycles. The molecule has 26 heavy (non-hydrogen) atoms. The van der Waals surface area contributed by atoms with E-state index in [9.17, 15) is 9.18 Å². The van der Waals surface area contributed by atoms with E-state index < -0.39 is 5.82 Å². The molecule has 0 bridgehead atoms. The predicted octanol–water partition coefficient (Wildman–Crippen LogP) is 4.33. The van der Waals surface area contributed by atoms with Crippen LogP contribution >= 0.6 is 0 Å². The zero-order valence-corrected chi connectivity index (χ0v) is 14.6. The first kappa shape index (κ1) is 17.5. The predicted molar refractivity (Wildman–Crippen MR) is 100 cm³/mol. The maximum atomic E-state index is 13.8. The van der Waals surface area contributed by atoms with Gasteiger partial charge in [0, 0.05) is 17.9 Å². The summed E-state index contributed by atoms with van der Waals surface area (Å²) in [6.45, 7) is 4.17. The molecular weight excluding hydrogens is 331 g/mol. The van der Waals surface area contributed by atoms with Crippen molar-refractivity contribution in [3.8, 4) is 0 Å². The van der Waals surface area contributed by atoms with Gasteiger partial charge in [-0.3, -0.25) is 4.79 Å². The number of aryl methyl sites for hydroxylation is 1. The molecule has 3 rings (SSSR count).